The molecule has 1 saturated heterocycles. The number of hydrogen-bond acceptors (Lipinski definition) is 6. The number of benzene rings is 2. The van der Waals surface area contributed by atoms with Crippen molar-refractivity contribution in [3.05, 3.63) is 65.4 Å². The smallest absolute Gasteiger partial charge is 0.251 e. The second-order valence-corrected chi connectivity index (χ2v) is 8.44. The maximum atomic E-state index is 12.5. The van der Waals surface area contributed by atoms with Gasteiger partial charge in [-0.1, -0.05) is 23.7 Å². The Labute approximate surface area is 199 Å². The molecule has 170 valence electrons. The maximum absolute atomic E-state index is 12.5. The molecule has 1 aliphatic heterocycles. The first-order chi connectivity index (χ1) is 16.6. The van der Waals surface area contributed by atoms with Crippen LogP contribution < -0.4 is 10.6 Å². The van der Waals surface area contributed by atoms with Gasteiger partial charge in [0.05, 0.1) is 40.5 Å². The fourth-order valence-electron chi connectivity index (χ4n) is 4.48. The van der Waals surface area contributed by atoms with Gasteiger partial charge in [0.1, 0.15) is 11.2 Å². The zero-order valence-corrected chi connectivity index (χ0v) is 18.8. The molecular formula is C24H20ClN7O2. The first-order valence-electron chi connectivity index (χ1n) is 10.8. The Hall–Kier alpha value is -3.95. The minimum Gasteiger partial charge on any atom is -0.378 e. The van der Waals surface area contributed by atoms with E-state index in [-0.39, 0.29) is 0 Å². The number of rotatable bonds is 4. The van der Waals surface area contributed by atoms with Crippen molar-refractivity contribution in [2.45, 2.75) is 0 Å². The molecule has 9 nitrogen and oxygen atoms in total. The van der Waals surface area contributed by atoms with E-state index < -0.39 is 5.91 Å². The number of amides is 1. The SMILES string of the molecule is NC(=O)c1cc(N2CCOCC2)cc2c1nc(-c1ccn[nH]1)n2-c1ccnc2c(Cl)cccc12. The molecule has 5 aromatic rings. The van der Waals surface area contributed by atoms with Gasteiger partial charge in [-0.2, -0.15) is 5.10 Å². The Kier molecular flexibility index (Phi) is 4.93. The number of nitrogens with one attached hydrogen (secondary N) is 1. The monoisotopic (exact) mass is 473 g/mol. The lowest BCUT2D eigenvalue weighted by atomic mass is 10.1. The van der Waals surface area contributed by atoms with Gasteiger partial charge in [0.2, 0.25) is 0 Å². The first kappa shape index (κ1) is 20.6. The van der Waals surface area contributed by atoms with E-state index in [9.17, 15) is 4.79 Å². The number of pyridine rings is 1. The molecule has 0 aliphatic carbocycles. The topological polar surface area (TPSA) is 115 Å². The summed E-state index contributed by atoms with van der Waals surface area (Å²) in [6, 6.07) is 13.3. The van der Waals surface area contributed by atoms with Crippen molar-refractivity contribution in [2.24, 2.45) is 5.73 Å². The number of nitrogens with two attached hydrogens (primary N) is 1. The lowest BCUT2D eigenvalue weighted by Crippen LogP contribution is -2.36. The molecule has 0 bridgehead atoms. The van der Waals surface area contributed by atoms with Crippen LogP contribution in [0.1, 0.15) is 10.4 Å². The number of carbonyl (C=O) groups is 1. The highest BCUT2D eigenvalue weighted by molar-refractivity contribution is 6.35. The second-order valence-electron chi connectivity index (χ2n) is 8.03. The molecule has 0 radical (unpaired) electrons. The fourth-order valence-corrected chi connectivity index (χ4v) is 4.70. The molecule has 10 heteroatoms. The Balaban J connectivity index is 1.72. The van der Waals surface area contributed by atoms with Crippen LogP contribution >= 0.6 is 11.6 Å². The van der Waals surface area contributed by atoms with Crippen molar-refractivity contribution in [3.63, 3.8) is 0 Å². The maximum Gasteiger partial charge on any atom is 0.251 e. The molecule has 0 unspecified atom stereocenters. The van der Waals surface area contributed by atoms with Gasteiger partial charge in [0, 0.05) is 36.6 Å². The summed E-state index contributed by atoms with van der Waals surface area (Å²) < 4.78 is 7.51. The van der Waals surface area contributed by atoms with Crippen LogP contribution in [0.2, 0.25) is 5.02 Å². The molecule has 0 saturated carbocycles. The Morgan fingerprint density at radius 3 is 2.71 bits per heavy atom. The van der Waals surface area contributed by atoms with E-state index in [1.54, 1.807) is 12.4 Å². The number of halogens is 1. The van der Waals surface area contributed by atoms with Gasteiger partial charge in [-0.25, -0.2) is 4.98 Å². The molecular weight excluding hydrogens is 454 g/mol. The molecule has 2 aromatic carbocycles. The number of imidazole rings is 1. The fraction of sp³-hybridized carbons (Fsp3) is 0.167. The zero-order valence-electron chi connectivity index (χ0n) is 18.0. The molecule has 1 amide bonds. The number of H-pyrrole nitrogens is 1. The molecule has 3 aromatic heterocycles. The lowest BCUT2D eigenvalue weighted by molar-refractivity contribution is 0.100. The Morgan fingerprint density at radius 2 is 1.94 bits per heavy atom. The molecule has 4 heterocycles. The van der Waals surface area contributed by atoms with E-state index in [2.05, 4.69) is 20.1 Å². The average Bonchev–Trinajstić information content (AvgIpc) is 3.52. The van der Waals surface area contributed by atoms with Crippen molar-refractivity contribution in [1.82, 2.24) is 24.7 Å². The van der Waals surface area contributed by atoms with Crippen molar-refractivity contribution in [3.8, 4) is 17.2 Å². The van der Waals surface area contributed by atoms with Crippen LogP contribution in [0.3, 0.4) is 0 Å². The molecule has 1 fully saturated rings. The van der Waals surface area contributed by atoms with Crippen molar-refractivity contribution < 1.29 is 9.53 Å². The van der Waals surface area contributed by atoms with Crippen LogP contribution in [0.5, 0.6) is 0 Å². The number of anilines is 1. The summed E-state index contributed by atoms with van der Waals surface area (Å²) >= 11 is 6.46. The van der Waals surface area contributed by atoms with Crippen LogP contribution in [-0.4, -0.2) is 56.9 Å². The van der Waals surface area contributed by atoms with Gasteiger partial charge >= 0.3 is 0 Å². The number of morpholine rings is 1. The van der Waals surface area contributed by atoms with E-state index in [1.165, 1.54) is 0 Å². The Morgan fingerprint density at radius 1 is 1.09 bits per heavy atom. The Bertz CT molecular complexity index is 1540. The third-order valence-electron chi connectivity index (χ3n) is 6.07. The minimum atomic E-state index is -0.538. The standard InChI is InChI=1S/C24H20ClN7O2/c25-17-3-1-2-15-19(5-6-27-21(15)17)32-20-13-14(31-8-10-34-11-9-31)12-16(23(26)33)22(20)29-24(32)18-4-7-28-30-18/h1-7,12-13H,8-11H2,(H2,26,33)(H,28,30). The predicted molar refractivity (Wildman–Crippen MR) is 131 cm³/mol. The van der Waals surface area contributed by atoms with Crippen molar-refractivity contribution in [1.29, 1.82) is 0 Å². The summed E-state index contributed by atoms with van der Waals surface area (Å²) in [5.74, 6) is 0.0603. The molecule has 3 N–H and O–H groups in total. The van der Waals surface area contributed by atoms with E-state index in [0.717, 1.165) is 35.4 Å². The molecule has 34 heavy (non-hydrogen) atoms. The minimum absolute atomic E-state index is 0.356. The van der Waals surface area contributed by atoms with Gasteiger partial charge in [0.15, 0.2) is 5.82 Å². The van der Waals surface area contributed by atoms with E-state index in [4.69, 9.17) is 27.1 Å². The van der Waals surface area contributed by atoms with Crippen LogP contribution in [0, 0.1) is 0 Å². The summed E-state index contributed by atoms with van der Waals surface area (Å²) in [6.07, 6.45) is 3.38. The first-order valence-corrected chi connectivity index (χ1v) is 11.2. The van der Waals surface area contributed by atoms with Gasteiger partial charge in [0.25, 0.3) is 5.91 Å². The summed E-state index contributed by atoms with van der Waals surface area (Å²) in [6.45, 7) is 2.68. The molecule has 1 aliphatic rings. The number of carbonyl (C=O) groups excluding carboxylic acids is 1. The highest BCUT2D eigenvalue weighted by Crippen LogP contribution is 2.36. The molecule has 0 atom stereocenters. The number of ether oxygens (including phenoxy) is 1. The predicted octanol–water partition coefficient (Wildman–Crippen LogP) is 3.55. The van der Waals surface area contributed by atoms with Crippen LogP contribution in [0.4, 0.5) is 5.69 Å². The van der Waals surface area contributed by atoms with E-state index >= 15 is 0 Å². The summed E-state index contributed by atoms with van der Waals surface area (Å²) in [5.41, 5.74) is 10.5. The van der Waals surface area contributed by atoms with E-state index in [1.807, 2.05) is 47.0 Å². The van der Waals surface area contributed by atoms with Gasteiger partial charge in [-0.15, -0.1) is 0 Å². The highest BCUT2D eigenvalue weighted by atomic mass is 35.5. The third-order valence-corrected chi connectivity index (χ3v) is 6.37. The lowest BCUT2D eigenvalue weighted by Gasteiger charge is -2.29. The number of hydrogen-bond donors (Lipinski definition) is 2. The van der Waals surface area contributed by atoms with Crippen LogP contribution in [0.15, 0.2) is 54.9 Å². The van der Waals surface area contributed by atoms with Gasteiger partial charge in [-0.3, -0.25) is 19.4 Å². The highest BCUT2D eigenvalue weighted by Gasteiger charge is 2.24. The van der Waals surface area contributed by atoms with E-state index in [0.29, 0.717) is 46.4 Å². The largest absolute Gasteiger partial charge is 0.378 e. The van der Waals surface area contributed by atoms with Gasteiger partial charge in [-0.05, 0) is 30.3 Å². The zero-order chi connectivity index (χ0) is 23.2. The number of fused-ring (bicyclic) bond motifs is 2. The number of primary amides is 1. The normalized spacial score (nSPS) is 14.2. The molecule has 6 rings (SSSR count). The third kappa shape index (κ3) is 3.28. The summed E-state index contributed by atoms with van der Waals surface area (Å²) in [5, 5.41) is 8.50. The molecule has 0 spiro atoms. The summed E-state index contributed by atoms with van der Waals surface area (Å²) in [4.78, 5) is 24.1. The quantitative estimate of drug-likeness (QED) is 0.412. The number of nitrogens with zero attached hydrogens (tertiary/aromatic N) is 5. The van der Waals surface area contributed by atoms with Crippen LogP contribution in [0.25, 0.3) is 39.1 Å². The number of para-hydroxylation sites is 1. The average molecular weight is 474 g/mol. The van der Waals surface area contributed by atoms with Gasteiger partial charge < -0.3 is 15.4 Å². The summed E-state index contributed by atoms with van der Waals surface area (Å²) in [7, 11) is 0. The second kappa shape index (κ2) is 8.12. The van der Waals surface area contributed by atoms with Crippen molar-refractivity contribution in [2.75, 3.05) is 31.2 Å². The van der Waals surface area contributed by atoms with Crippen LogP contribution in [-0.2, 0) is 4.74 Å². The number of aromatic amines is 1. The van der Waals surface area contributed by atoms with Crippen molar-refractivity contribution >= 4 is 45.1 Å². The number of aromatic nitrogens is 5.